The molecule has 2 N–H and O–H groups in total. The third kappa shape index (κ3) is 3.39. The van der Waals surface area contributed by atoms with E-state index < -0.39 is 39.8 Å². The van der Waals surface area contributed by atoms with Gasteiger partial charge in [0.1, 0.15) is 35.0 Å². The summed E-state index contributed by atoms with van der Waals surface area (Å²) in [6.45, 7) is 1.69. The van der Waals surface area contributed by atoms with Gasteiger partial charge in [0, 0.05) is 5.69 Å². The van der Waals surface area contributed by atoms with Gasteiger partial charge < -0.3 is 10.3 Å². The number of halogens is 4. The van der Waals surface area contributed by atoms with E-state index in [1.165, 1.54) is 30.9 Å². The molecule has 166 valence electrons. The summed E-state index contributed by atoms with van der Waals surface area (Å²) in [6.07, 6.45) is 2.76. The molecule has 0 fully saturated rings. The number of aromatic amines is 1. The van der Waals surface area contributed by atoms with Crippen molar-refractivity contribution in [1.29, 1.82) is 0 Å². The number of H-pyrrole nitrogens is 1. The lowest BCUT2D eigenvalue weighted by molar-refractivity contribution is 0.561. The van der Waals surface area contributed by atoms with Crippen molar-refractivity contribution in [3.05, 3.63) is 87.6 Å². The Labute approximate surface area is 188 Å². The van der Waals surface area contributed by atoms with E-state index in [1.54, 1.807) is 6.92 Å². The van der Waals surface area contributed by atoms with Crippen molar-refractivity contribution in [2.24, 2.45) is 0 Å². The quantitative estimate of drug-likeness (QED) is 0.390. The summed E-state index contributed by atoms with van der Waals surface area (Å²) in [5.41, 5.74) is -0.327. The van der Waals surface area contributed by atoms with Crippen molar-refractivity contribution < 1.29 is 13.2 Å². The van der Waals surface area contributed by atoms with Gasteiger partial charge in [-0.15, -0.1) is 0 Å². The minimum atomic E-state index is -0.963. The molecule has 11 heteroatoms. The third-order valence-corrected chi connectivity index (χ3v) is 5.66. The predicted molar refractivity (Wildman–Crippen MR) is 118 cm³/mol. The highest BCUT2D eigenvalue weighted by Crippen LogP contribution is 2.30. The summed E-state index contributed by atoms with van der Waals surface area (Å²) >= 11 is 6.07. The summed E-state index contributed by atoms with van der Waals surface area (Å²) in [5, 5.41) is 2.82. The van der Waals surface area contributed by atoms with Crippen molar-refractivity contribution >= 4 is 39.4 Å². The minimum absolute atomic E-state index is 0.187. The Morgan fingerprint density at radius 2 is 1.82 bits per heavy atom. The number of anilines is 1. The fourth-order valence-corrected chi connectivity index (χ4v) is 4.01. The van der Waals surface area contributed by atoms with Gasteiger partial charge >= 0.3 is 0 Å². The van der Waals surface area contributed by atoms with E-state index in [0.29, 0.717) is 22.4 Å². The number of nitrogens with zero attached hydrogens (tertiary/aromatic N) is 4. The normalized spacial score (nSPS) is 12.4. The molecule has 7 nitrogen and oxygen atoms in total. The molecular weight excluding hydrogens is 457 g/mol. The second kappa shape index (κ2) is 7.89. The SMILES string of the molecule is C[C@H](Nc1ncnc2nc[nH]c12)c1cc2ccc(F)c(Cl)c2c(=O)n1-c1c(F)cccc1F. The minimum Gasteiger partial charge on any atom is -0.360 e. The Kier molecular flexibility index (Phi) is 5.01. The monoisotopic (exact) mass is 470 g/mol. The van der Waals surface area contributed by atoms with Gasteiger partial charge in [-0.2, -0.15) is 0 Å². The Bertz CT molecular complexity index is 1580. The predicted octanol–water partition coefficient (Wildman–Crippen LogP) is 4.90. The molecule has 5 aromatic rings. The van der Waals surface area contributed by atoms with Gasteiger partial charge in [-0.1, -0.05) is 23.7 Å². The lowest BCUT2D eigenvalue weighted by Gasteiger charge is -2.22. The van der Waals surface area contributed by atoms with Crippen LogP contribution in [0.25, 0.3) is 27.6 Å². The molecule has 0 spiro atoms. The van der Waals surface area contributed by atoms with Crippen molar-refractivity contribution in [2.75, 3.05) is 5.32 Å². The van der Waals surface area contributed by atoms with E-state index in [2.05, 4.69) is 25.3 Å². The van der Waals surface area contributed by atoms with Gasteiger partial charge in [-0.25, -0.2) is 28.1 Å². The summed E-state index contributed by atoms with van der Waals surface area (Å²) in [7, 11) is 0. The molecule has 0 bridgehead atoms. The highest BCUT2D eigenvalue weighted by Gasteiger charge is 2.23. The molecule has 0 aliphatic rings. The summed E-state index contributed by atoms with van der Waals surface area (Å²) in [4.78, 5) is 28.7. The van der Waals surface area contributed by atoms with Crippen molar-refractivity contribution in [2.45, 2.75) is 13.0 Å². The van der Waals surface area contributed by atoms with E-state index in [9.17, 15) is 18.0 Å². The van der Waals surface area contributed by atoms with Crippen LogP contribution in [0, 0.1) is 17.5 Å². The molecule has 0 unspecified atom stereocenters. The molecule has 33 heavy (non-hydrogen) atoms. The molecular formula is C22H14ClF3N6O. The first-order chi connectivity index (χ1) is 15.9. The summed E-state index contributed by atoms with van der Waals surface area (Å²) in [6, 6.07) is 6.59. The molecule has 0 radical (unpaired) electrons. The molecule has 0 amide bonds. The highest BCUT2D eigenvalue weighted by atomic mass is 35.5. The van der Waals surface area contributed by atoms with Crippen LogP contribution in [0.5, 0.6) is 0 Å². The van der Waals surface area contributed by atoms with Gasteiger partial charge in [0.2, 0.25) is 0 Å². The van der Waals surface area contributed by atoms with Crippen LogP contribution >= 0.6 is 11.6 Å². The number of hydrogen-bond acceptors (Lipinski definition) is 5. The molecule has 0 aliphatic heterocycles. The van der Waals surface area contributed by atoms with Gasteiger partial charge in [0.05, 0.1) is 22.8 Å². The zero-order valence-electron chi connectivity index (χ0n) is 16.9. The number of imidazole rings is 1. The van der Waals surface area contributed by atoms with Crippen molar-refractivity contribution in [3.63, 3.8) is 0 Å². The van der Waals surface area contributed by atoms with Crippen LogP contribution in [0.2, 0.25) is 5.02 Å². The number of hydrogen-bond donors (Lipinski definition) is 2. The number of rotatable bonds is 4. The topological polar surface area (TPSA) is 88.5 Å². The van der Waals surface area contributed by atoms with Crippen LogP contribution in [0.1, 0.15) is 18.7 Å². The molecule has 1 atom stereocenters. The molecule has 0 aliphatic carbocycles. The van der Waals surface area contributed by atoms with E-state index in [-0.39, 0.29) is 11.1 Å². The van der Waals surface area contributed by atoms with E-state index in [0.717, 1.165) is 22.8 Å². The van der Waals surface area contributed by atoms with E-state index >= 15 is 0 Å². The average Bonchev–Trinajstić information content (AvgIpc) is 3.27. The van der Waals surface area contributed by atoms with Crippen LogP contribution in [-0.4, -0.2) is 24.5 Å². The first-order valence-electron chi connectivity index (χ1n) is 9.75. The number of nitrogens with one attached hydrogen (secondary N) is 2. The van der Waals surface area contributed by atoms with E-state index in [4.69, 9.17) is 11.6 Å². The average molecular weight is 471 g/mol. The van der Waals surface area contributed by atoms with Gasteiger partial charge in [0.25, 0.3) is 5.56 Å². The molecule has 0 saturated carbocycles. The van der Waals surface area contributed by atoms with Crippen LogP contribution in [0.3, 0.4) is 0 Å². The first kappa shape index (κ1) is 21.0. The van der Waals surface area contributed by atoms with E-state index in [1.807, 2.05) is 0 Å². The van der Waals surface area contributed by atoms with Gasteiger partial charge in [-0.05, 0) is 36.6 Å². The van der Waals surface area contributed by atoms with Crippen LogP contribution in [0.4, 0.5) is 19.0 Å². The lowest BCUT2D eigenvalue weighted by Crippen LogP contribution is -2.27. The number of fused-ring (bicyclic) bond motifs is 2. The molecule has 0 saturated heterocycles. The maximum Gasteiger partial charge on any atom is 0.265 e. The second-order valence-corrected chi connectivity index (χ2v) is 7.67. The smallest absolute Gasteiger partial charge is 0.265 e. The third-order valence-electron chi connectivity index (χ3n) is 5.29. The Hall–Kier alpha value is -3.92. The zero-order chi connectivity index (χ0) is 23.3. The molecule has 5 rings (SSSR count). The number of aromatic nitrogens is 5. The van der Waals surface area contributed by atoms with Gasteiger partial charge in [0.15, 0.2) is 11.5 Å². The molecule has 3 heterocycles. The summed E-state index contributed by atoms with van der Waals surface area (Å²) < 4.78 is 44.5. The second-order valence-electron chi connectivity index (χ2n) is 7.30. The van der Waals surface area contributed by atoms with Gasteiger partial charge in [-0.3, -0.25) is 9.36 Å². The Morgan fingerprint density at radius 3 is 2.58 bits per heavy atom. The standard InChI is InChI=1S/C22H14ClF3N6O/c1-10(31-21-18-20(28-8-27-18)29-9-30-21)15-7-11-5-6-12(24)17(23)16(11)22(33)32(15)19-13(25)3-2-4-14(19)26/h2-10H,1H3,(H2,27,28,29,30,31)/t10-/m0/s1. The highest BCUT2D eigenvalue weighted by molar-refractivity contribution is 6.35. The van der Waals surface area contributed by atoms with Crippen LogP contribution in [-0.2, 0) is 0 Å². The fraction of sp³-hybridized carbons (Fsp3) is 0.0909. The number of pyridine rings is 1. The maximum atomic E-state index is 14.8. The zero-order valence-corrected chi connectivity index (χ0v) is 17.7. The van der Waals surface area contributed by atoms with Crippen LogP contribution in [0.15, 0.2) is 53.8 Å². The Morgan fingerprint density at radius 1 is 1.06 bits per heavy atom. The largest absolute Gasteiger partial charge is 0.360 e. The van der Waals surface area contributed by atoms with Crippen LogP contribution < -0.4 is 10.9 Å². The van der Waals surface area contributed by atoms with Crippen molar-refractivity contribution in [3.8, 4) is 5.69 Å². The fourth-order valence-electron chi connectivity index (χ4n) is 3.76. The summed E-state index contributed by atoms with van der Waals surface area (Å²) in [5.74, 6) is -2.37. The maximum absolute atomic E-state index is 14.8. The number of para-hydroxylation sites is 1. The Balaban J connectivity index is 1.78. The molecule has 3 aromatic heterocycles. The lowest BCUT2D eigenvalue weighted by atomic mass is 10.1. The molecule has 2 aromatic carbocycles. The van der Waals surface area contributed by atoms with Crippen molar-refractivity contribution in [1.82, 2.24) is 24.5 Å². The first-order valence-corrected chi connectivity index (χ1v) is 10.1. The number of benzene rings is 2.